The van der Waals surface area contributed by atoms with Crippen LogP contribution in [0.15, 0.2) is 23.2 Å². The highest BCUT2D eigenvalue weighted by Crippen LogP contribution is 2.26. The van der Waals surface area contributed by atoms with Gasteiger partial charge in [0, 0.05) is 32.7 Å². The lowest BCUT2D eigenvalue weighted by Crippen LogP contribution is -2.44. The Hall–Kier alpha value is -1.85. The molecule has 0 radical (unpaired) electrons. The molecule has 0 saturated carbocycles. The second-order valence-electron chi connectivity index (χ2n) is 5.50. The quantitative estimate of drug-likeness (QED) is 0.499. The molecular weight excluding hydrogens is 286 g/mol. The van der Waals surface area contributed by atoms with Crippen molar-refractivity contribution in [1.29, 1.82) is 0 Å². The third-order valence-corrected chi connectivity index (χ3v) is 3.83. The van der Waals surface area contributed by atoms with Crippen LogP contribution in [0.4, 0.5) is 14.5 Å². The van der Waals surface area contributed by atoms with Crippen molar-refractivity contribution in [3.05, 3.63) is 29.8 Å². The molecule has 1 aliphatic heterocycles. The minimum Gasteiger partial charge on any atom is -0.365 e. The third-order valence-electron chi connectivity index (χ3n) is 3.83. The molecule has 1 fully saturated rings. The molecule has 0 bridgehead atoms. The highest BCUT2D eigenvalue weighted by Gasteiger charge is 2.27. The highest BCUT2D eigenvalue weighted by atomic mass is 19.1. The largest absolute Gasteiger partial charge is 0.365 e. The molecule has 1 unspecified atom stereocenters. The van der Waals surface area contributed by atoms with E-state index in [1.807, 2.05) is 0 Å². The van der Waals surface area contributed by atoms with Gasteiger partial charge in [-0.2, -0.15) is 0 Å². The van der Waals surface area contributed by atoms with Crippen molar-refractivity contribution < 1.29 is 8.78 Å². The Bertz CT molecular complexity index is 499. The zero-order valence-corrected chi connectivity index (χ0v) is 13.2. The van der Waals surface area contributed by atoms with Crippen molar-refractivity contribution >= 4 is 11.6 Å². The second kappa shape index (κ2) is 7.96. The minimum atomic E-state index is -0.508. The minimum absolute atomic E-state index is 0.0701. The summed E-state index contributed by atoms with van der Waals surface area (Å²) in [6.07, 6.45) is 3.02. The maximum Gasteiger partial charge on any atom is 0.191 e. The lowest BCUT2D eigenvalue weighted by atomic mass is 10.2. The summed E-state index contributed by atoms with van der Waals surface area (Å²) in [4.78, 5) is 5.94. The van der Waals surface area contributed by atoms with E-state index < -0.39 is 11.6 Å². The average Bonchev–Trinajstić information content (AvgIpc) is 2.94. The zero-order valence-electron chi connectivity index (χ0n) is 13.2. The van der Waals surface area contributed by atoms with Gasteiger partial charge in [-0.05, 0) is 25.0 Å². The molecule has 6 heteroatoms. The van der Waals surface area contributed by atoms with Gasteiger partial charge >= 0.3 is 0 Å². The summed E-state index contributed by atoms with van der Waals surface area (Å²) in [5.41, 5.74) is 0.0701. The van der Waals surface area contributed by atoms with Crippen LogP contribution in [-0.2, 0) is 0 Å². The van der Waals surface area contributed by atoms with E-state index in [2.05, 4.69) is 22.5 Å². The van der Waals surface area contributed by atoms with Crippen molar-refractivity contribution in [2.75, 3.05) is 31.6 Å². The summed E-state index contributed by atoms with van der Waals surface area (Å²) in [5, 5.41) is 6.56. The number of rotatable bonds is 5. The Labute approximate surface area is 130 Å². The number of guanidine groups is 1. The normalized spacial score (nSPS) is 18.6. The summed E-state index contributed by atoms with van der Waals surface area (Å²) >= 11 is 0. The van der Waals surface area contributed by atoms with Gasteiger partial charge in [0.2, 0.25) is 0 Å². The number of halogens is 2. The van der Waals surface area contributed by atoms with E-state index in [-0.39, 0.29) is 11.7 Å². The molecule has 0 spiro atoms. The van der Waals surface area contributed by atoms with Gasteiger partial charge in [-0.1, -0.05) is 19.4 Å². The molecule has 1 aliphatic rings. The van der Waals surface area contributed by atoms with Crippen molar-refractivity contribution in [3.63, 3.8) is 0 Å². The molecule has 1 atom stereocenters. The van der Waals surface area contributed by atoms with Gasteiger partial charge in [0.25, 0.3) is 0 Å². The maximum atomic E-state index is 13.8. The van der Waals surface area contributed by atoms with Gasteiger partial charge in [0.05, 0.1) is 0 Å². The van der Waals surface area contributed by atoms with Gasteiger partial charge in [0.1, 0.15) is 17.3 Å². The Morgan fingerprint density at radius 3 is 2.73 bits per heavy atom. The van der Waals surface area contributed by atoms with Gasteiger partial charge in [-0.25, -0.2) is 8.78 Å². The van der Waals surface area contributed by atoms with E-state index >= 15 is 0 Å². The van der Waals surface area contributed by atoms with Crippen LogP contribution in [0.3, 0.4) is 0 Å². The van der Waals surface area contributed by atoms with E-state index in [9.17, 15) is 8.78 Å². The number of hydrogen-bond acceptors (Lipinski definition) is 2. The fraction of sp³-hybridized carbons (Fsp3) is 0.562. The van der Waals surface area contributed by atoms with Crippen molar-refractivity contribution in [3.8, 4) is 0 Å². The van der Waals surface area contributed by atoms with E-state index in [4.69, 9.17) is 0 Å². The highest BCUT2D eigenvalue weighted by molar-refractivity contribution is 5.80. The molecule has 1 saturated heterocycles. The Morgan fingerprint density at radius 2 is 2.09 bits per heavy atom. The first kappa shape index (κ1) is 16.5. The Balaban J connectivity index is 1.92. The average molecular weight is 310 g/mol. The number of nitrogens with one attached hydrogen (secondary N) is 2. The fourth-order valence-corrected chi connectivity index (χ4v) is 2.64. The lowest BCUT2D eigenvalue weighted by molar-refractivity contribution is 0.575. The van der Waals surface area contributed by atoms with Crippen LogP contribution >= 0.6 is 0 Å². The lowest BCUT2D eigenvalue weighted by Gasteiger charge is -2.21. The molecule has 0 amide bonds. The summed E-state index contributed by atoms with van der Waals surface area (Å²) in [7, 11) is 1.73. The van der Waals surface area contributed by atoms with Gasteiger partial charge < -0.3 is 15.5 Å². The first-order chi connectivity index (χ1) is 10.7. The van der Waals surface area contributed by atoms with E-state index in [1.54, 1.807) is 11.9 Å². The SMILES string of the molecule is CCCCNC(=NC)NC1CCN(c2c(F)cccc2F)C1. The number of benzene rings is 1. The second-order valence-corrected chi connectivity index (χ2v) is 5.50. The molecule has 0 aromatic heterocycles. The van der Waals surface area contributed by atoms with Gasteiger partial charge in [-0.3, -0.25) is 4.99 Å². The number of anilines is 1. The van der Waals surface area contributed by atoms with Crippen LogP contribution in [0, 0.1) is 11.6 Å². The fourth-order valence-electron chi connectivity index (χ4n) is 2.64. The summed E-state index contributed by atoms with van der Waals surface area (Å²) < 4.78 is 27.7. The Morgan fingerprint density at radius 1 is 1.36 bits per heavy atom. The molecule has 1 aromatic rings. The predicted octanol–water partition coefficient (Wildman–Crippen LogP) is 2.51. The molecule has 4 nitrogen and oxygen atoms in total. The van der Waals surface area contributed by atoms with Crippen molar-refractivity contribution in [2.24, 2.45) is 4.99 Å². The van der Waals surface area contributed by atoms with Crippen molar-refractivity contribution in [1.82, 2.24) is 10.6 Å². The van der Waals surface area contributed by atoms with E-state index in [1.165, 1.54) is 18.2 Å². The summed E-state index contributed by atoms with van der Waals surface area (Å²) in [5.74, 6) is -0.272. The first-order valence-electron chi connectivity index (χ1n) is 7.81. The van der Waals surface area contributed by atoms with Crippen LogP contribution in [0.1, 0.15) is 26.2 Å². The molecule has 2 N–H and O–H groups in total. The monoisotopic (exact) mass is 310 g/mol. The van der Waals surface area contributed by atoms with E-state index in [0.717, 1.165) is 31.8 Å². The first-order valence-corrected chi connectivity index (χ1v) is 7.81. The van der Waals surface area contributed by atoms with Crippen LogP contribution in [-0.4, -0.2) is 38.7 Å². The van der Waals surface area contributed by atoms with Gasteiger partial charge in [-0.15, -0.1) is 0 Å². The number of nitrogens with zero attached hydrogens (tertiary/aromatic N) is 2. The van der Waals surface area contributed by atoms with Crippen molar-refractivity contribution in [2.45, 2.75) is 32.2 Å². The zero-order chi connectivity index (χ0) is 15.9. The van der Waals surface area contributed by atoms with Crippen LogP contribution in [0.2, 0.25) is 0 Å². The molecule has 22 heavy (non-hydrogen) atoms. The third kappa shape index (κ3) is 4.08. The topological polar surface area (TPSA) is 39.7 Å². The van der Waals surface area contributed by atoms with Crippen LogP contribution in [0.25, 0.3) is 0 Å². The molecule has 1 heterocycles. The smallest absolute Gasteiger partial charge is 0.191 e. The van der Waals surface area contributed by atoms with Crippen LogP contribution in [0.5, 0.6) is 0 Å². The number of unbranched alkanes of at least 4 members (excludes halogenated alkanes) is 1. The Kier molecular flexibility index (Phi) is 5.98. The standard InChI is InChI=1S/C16H24F2N4/c1-3-4-9-20-16(19-2)21-12-8-10-22(11-12)15-13(17)6-5-7-14(15)18/h5-7,12H,3-4,8-11H2,1-2H3,(H2,19,20,21). The molecule has 2 rings (SSSR count). The number of hydrogen-bond donors (Lipinski definition) is 2. The molecule has 1 aromatic carbocycles. The van der Waals surface area contributed by atoms with E-state index in [0.29, 0.717) is 13.1 Å². The molecule has 122 valence electrons. The number of para-hydroxylation sites is 1. The predicted molar refractivity (Wildman–Crippen MR) is 86.4 cm³/mol. The summed E-state index contributed by atoms with van der Waals surface area (Å²) in [6.45, 7) is 4.19. The molecular formula is C16H24F2N4. The molecule has 0 aliphatic carbocycles. The summed E-state index contributed by atoms with van der Waals surface area (Å²) in [6, 6.07) is 4.11. The van der Waals surface area contributed by atoms with Gasteiger partial charge in [0.15, 0.2) is 5.96 Å². The maximum absolute atomic E-state index is 13.8. The van der Waals surface area contributed by atoms with Crippen LogP contribution < -0.4 is 15.5 Å². The number of aliphatic imine (C=N–C) groups is 1.